The Labute approximate surface area is 155 Å². The van der Waals surface area contributed by atoms with E-state index in [1.807, 2.05) is 0 Å². The zero-order chi connectivity index (χ0) is 17.7. The average molecular weight is 349 g/mol. The van der Waals surface area contributed by atoms with Crippen LogP contribution < -0.4 is 5.32 Å². The minimum atomic E-state index is 0.206. The topological polar surface area (TPSA) is 45.2 Å². The molecule has 3 heterocycles. The molecular formula is C22H27N3O. The number of nitrogens with one attached hydrogen (secondary N) is 1. The van der Waals surface area contributed by atoms with Crippen molar-refractivity contribution in [1.82, 2.24) is 15.2 Å². The van der Waals surface area contributed by atoms with Crippen molar-refractivity contribution < 1.29 is 4.79 Å². The molecule has 1 N–H and O–H groups in total. The first-order valence-electron chi connectivity index (χ1n) is 10.1. The number of fused-ring (bicyclic) bond motifs is 2. The molecule has 0 spiro atoms. The fourth-order valence-corrected chi connectivity index (χ4v) is 4.72. The summed E-state index contributed by atoms with van der Waals surface area (Å²) in [6.45, 7) is 6.10. The number of aromatic nitrogens is 1. The second-order valence-electron chi connectivity index (χ2n) is 8.44. The molecule has 1 amide bonds. The Balaban J connectivity index is 1.50. The number of hydrogen-bond acceptors (Lipinski definition) is 3. The lowest BCUT2D eigenvalue weighted by atomic mass is 9.92. The van der Waals surface area contributed by atoms with E-state index < -0.39 is 0 Å². The zero-order valence-corrected chi connectivity index (χ0v) is 15.5. The van der Waals surface area contributed by atoms with Gasteiger partial charge in [-0.05, 0) is 75.7 Å². The Bertz CT molecular complexity index is 844. The minimum Gasteiger partial charge on any atom is -0.339 e. The third-order valence-corrected chi connectivity index (χ3v) is 6.52. The molecule has 2 atom stereocenters. The Morgan fingerprint density at radius 3 is 2.50 bits per heavy atom. The molecule has 1 aliphatic carbocycles. The zero-order valence-electron chi connectivity index (χ0n) is 15.5. The maximum absolute atomic E-state index is 13.5. The van der Waals surface area contributed by atoms with Gasteiger partial charge in [0.1, 0.15) is 0 Å². The van der Waals surface area contributed by atoms with Crippen LogP contribution in [0.3, 0.4) is 0 Å². The third kappa shape index (κ3) is 2.90. The predicted molar refractivity (Wildman–Crippen MR) is 103 cm³/mol. The highest BCUT2D eigenvalue weighted by molar-refractivity contribution is 6.06. The number of amides is 1. The van der Waals surface area contributed by atoms with Gasteiger partial charge in [-0.25, -0.2) is 0 Å². The summed E-state index contributed by atoms with van der Waals surface area (Å²) < 4.78 is 0. The van der Waals surface area contributed by atoms with Gasteiger partial charge in [0.2, 0.25) is 0 Å². The van der Waals surface area contributed by atoms with Crippen molar-refractivity contribution in [2.45, 2.75) is 38.5 Å². The molecule has 0 bridgehead atoms. The van der Waals surface area contributed by atoms with E-state index in [1.165, 1.54) is 18.4 Å². The van der Waals surface area contributed by atoms with Gasteiger partial charge >= 0.3 is 0 Å². The van der Waals surface area contributed by atoms with Crippen LogP contribution in [0, 0.1) is 18.8 Å². The summed E-state index contributed by atoms with van der Waals surface area (Å²) in [5.41, 5.74) is 4.13. The summed E-state index contributed by atoms with van der Waals surface area (Å²) in [6.07, 6.45) is 4.66. The first-order valence-corrected chi connectivity index (χ1v) is 10.1. The van der Waals surface area contributed by atoms with Crippen molar-refractivity contribution in [2.24, 2.45) is 11.8 Å². The van der Waals surface area contributed by atoms with E-state index in [2.05, 4.69) is 41.4 Å². The standard InChI is InChI=1S/C22H27N3O/c1-14-2-5-20-18(10-14)19(11-21(24-20)15-3-4-15)22(26)25-8-6-16-12-23-13-17(16)7-9-25/h2,5,10-11,15-17,23H,3-4,6-9,12-13H2,1H3/t16-,17+. The number of carbonyl (C=O) groups excluding carboxylic acids is 1. The molecule has 2 saturated heterocycles. The maximum Gasteiger partial charge on any atom is 0.254 e. The Hall–Kier alpha value is -1.94. The summed E-state index contributed by atoms with van der Waals surface area (Å²) in [5, 5.41) is 4.53. The Kier molecular flexibility index (Phi) is 3.96. The fraction of sp³-hybridized carbons (Fsp3) is 0.545. The number of carbonyl (C=O) groups is 1. The normalized spacial score (nSPS) is 26.0. The van der Waals surface area contributed by atoms with Crippen LogP contribution in [0.25, 0.3) is 10.9 Å². The maximum atomic E-state index is 13.5. The summed E-state index contributed by atoms with van der Waals surface area (Å²) in [6, 6.07) is 8.39. The largest absolute Gasteiger partial charge is 0.339 e. The van der Waals surface area contributed by atoms with Gasteiger partial charge in [0.25, 0.3) is 5.91 Å². The highest BCUT2D eigenvalue weighted by Gasteiger charge is 2.33. The first kappa shape index (κ1) is 16.2. The van der Waals surface area contributed by atoms with E-state index in [-0.39, 0.29) is 5.91 Å². The number of aryl methyl sites for hydroxylation is 1. The molecule has 1 aromatic heterocycles. The quantitative estimate of drug-likeness (QED) is 0.903. The lowest BCUT2D eigenvalue weighted by Crippen LogP contribution is -2.33. The van der Waals surface area contributed by atoms with E-state index in [1.54, 1.807) is 0 Å². The van der Waals surface area contributed by atoms with Crippen molar-refractivity contribution >= 4 is 16.8 Å². The number of hydrogen-bond donors (Lipinski definition) is 1. The van der Waals surface area contributed by atoms with Gasteiger partial charge < -0.3 is 10.2 Å². The lowest BCUT2D eigenvalue weighted by Gasteiger charge is -2.22. The second kappa shape index (κ2) is 6.34. The lowest BCUT2D eigenvalue weighted by molar-refractivity contribution is 0.0760. The van der Waals surface area contributed by atoms with Crippen LogP contribution in [0.15, 0.2) is 24.3 Å². The average Bonchev–Trinajstić information content (AvgIpc) is 3.44. The first-order chi connectivity index (χ1) is 12.7. The van der Waals surface area contributed by atoms with Crippen molar-refractivity contribution in [2.75, 3.05) is 26.2 Å². The SMILES string of the molecule is Cc1ccc2nc(C3CC3)cc(C(=O)N3CC[C@@H]4CNC[C@@H]4CC3)c2c1. The van der Waals surface area contributed by atoms with E-state index in [9.17, 15) is 4.79 Å². The van der Waals surface area contributed by atoms with Gasteiger partial charge in [-0.3, -0.25) is 9.78 Å². The van der Waals surface area contributed by atoms with Gasteiger partial charge in [0.15, 0.2) is 0 Å². The monoisotopic (exact) mass is 349 g/mol. The van der Waals surface area contributed by atoms with E-state index in [0.29, 0.717) is 5.92 Å². The fourth-order valence-electron chi connectivity index (χ4n) is 4.72. The highest BCUT2D eigenvalue weighted by Crippen LogP contribution is 2.40. The molecule has 136 valence electrons. The van der Waals surface area contributed by atoms with Crippen molar-refractivity contribution in [1.29, 1.82) is 0 Å². The van der Waals surface area contributed by atoms with E-state index in [4.69, 9.17) is 4.98 Å². The van der Waals surface area contributed by atoms with E-state index in [0.717, 1.165) is 73.0 Å². The highest BCUT2D eigenvalue weighted by atomic mass is 16.2. The summed E-state index contributed by atoms with van der Waals surface area (Å²) >= 11 is 0. The predicted octanol–water partition coefficient (Wildman–Crippen LogP) is 3.49. The summed E-state index contributed by atoms with van der Waals surface area (Å²) in [4.78, 5) is 20.4. The molecule has 26 heavy (non-hydrogen) atoms. The molecule has 2 aromatic rings. The van der Waals surface area contributed by atoms with Gasteiger partial charge in [-0.15, -0.1) is 0 Å². The van der Waals surface area contributed by atoms with Crippen molar-refractivity contribution in [3.63, 3.8) is 0 Å². The number of nitrogens with zero attached hydrogens (tertiary/aromatic N) is 2. The number of pyridine rings is 1. The summed E-state index contributed by atoms with van der Waals surface area (Å²) in [5.74, 6) is 2.25. The molecule has 3 fully saturated rings. The molecule has 5 rings (SSSR count). The number of likely N-dealkylation sites (tertiary alicyclic amines) is 1. The smallest absolute Gasteiger partial charge is 0.254 e. The molecule has 4 heteroatoms. The Morgan fingerprint density at radius 2 is 1.81 bits per heavy atom. The van der Waals surface area contributed by atoms with Crippen LogP contribution in [0.5, 0.6) is 0 Å². The molecule has 2 aliphatic heterocycles. The molecule has 1 aromatic carbocycles. The van der Waals surface area contributed by atoms with Crippen molar-refractivity contribution in [3.05, 3.63) is 41.1 Å². The molecular weight excluding hydrogens is 322 g/mol. The summed E-state index contributed by atoms with van der Waals surface area (Å²) in [7, 11) is 0. The van der Waals surface area contributed by atoms with Gasteiger partial charge in [0, 0.05) is 30.1 Å². The van der Waals surface area contributed by atoms with Crippen LogP contribution in [-0.4, -0.2) is 42.0 Å². The van der Waals surface area contributed by atoms with Gasteiger partial charge in [-0.1, -0.05) is 11.6 Å². The molecule has 1 saturated carbocycles. The van der Waals surface area contributed by atoms with E-state index >= 15 is 0 Å². The van der Waals surface area contributed by atoms with Gasteiger partial charge in [-0.2, -0.15) is 0 Å². The molecule has 0 radical (unpaired) electrons. The van der Waals surface area contributed by atoms with Crippen LogP contribution in [0.2, 0.25) is 0 Å². The second-order valence-corrected chi connectivity index (χ2v) is 8.44. The molecule has 4 nitrogen and oxygen atoms in total. The Morgan fingerprint density at radius 1 is 1.08 bits per heavy atom. The molecule has 3 aliphatic rings. The van der Waals surface area contributed by atoms with Crippen LogP contribution in [-0.2, 0) is 0 Å². The number of rotatable bonds is 2. The van der Waals surface area contributed by atoms with Gasteiger partial charge in [0.05, 0.1) is 11.1 Å². The number of benzene rings is 1. The third-order valence-electron chi connectivity index (χ3n) is 6.52. The minimum absolute atomic E-state index is 0.206. The van der Waals surface area contributed by atoms with Crippen LogP contribution >= 0.6 is 0 Å². The van der Waals surface area contributed by atoms with Crippen molar-refractivity contribution in [3.8, 4) is 0 Å². The van der Waals surface area contributed by atoms with Crippen LogP contribution in [0.1, 0.15) is 53.2 Å². The van der Waals surface area contributed by atoms with Crippen LogP contribution in [0.4, 0.5) is 0 Å². The molecule has 0 unspecified atom stereocenters.